The van der Waals surface area contributed by atoms with Crippen molar-refractivity contribution in [3.63, 3.8) is 0 Å². The van der Waals surface area contributed by atoms with Crippen LogP contribution in [0.15, 0.2) is 58.7 Å². The van der Waals surface area contributed by atoms with E-state index in [9.17, 15) is 17.6 Å². The summed E-state index contributed by atoms with van der Waals surface area (Å²) in [5.74, 6) is -0.507. The Kier molecular flexibility index (Phi) is 5.67. The van der Waals surface area contributed by atoms with E-state index in [4.69, 9.17) is 0 Å². The molecule has 0 radical (unpaired) electrons. The molecule has 0 atom stereocenters. The third kappa shape index (κ3) is 4.26. The highest BCUT2D eigenvalue weighted by molar-refractivity contribution is 7.99. The summed E-state index contributed by atoms with van der Waals surface area (Å²) in [5, 5.41) is 3.06. The Morgan fingerprint density at radius 3 is 2.68 bits per heavy atom. The van der Waals surface area contributed by atoms with Gasteiger partial charge in [0.2, 0.25) is 5.91 Å². The second-order valence-corrected chi connectivity index (χ2v) is 9.93. The van der Waals surface area contributed by atoms with E-state index >= 15 is 0 Å². The standard InChI is InChI=1S/C21H19FN4O3S2/c1-13-3-8-17-16(9-13)20-18(31(28,29)26(17)2)11-24-21(25-20)30-12-19(27)23-10-14-4-6-15(22)7-5-14/h3-9,11H,10,12H2,1-2H3,(H,23,27). The molecule has 160 valence electrons. The number of carbonyl (C=O) groups excluding carboxylic acids is 1. The van der Waals surface area contributed by atoms with Gasteiger partial charge in [0.1, 0.15) is 10.7 Å². The first-order chi connectivity index (χ1) is 14.8. The van der Waals surface area contributed by atoms with Crippen LogP contribution in [-0.4, -0.2) is 37.1 Å². The first-order valence-electron chi connectivity index (χ1n) is 9.36. The van der Waals surface area contributed by atoms with Gasteiger partial charge in [-0.3, -0.25) is 9.10 Å². The van der Waals surface area contributed by atoms with Crippen molar-refractivity contribution in [1.29, 1.82) is 0 Å². The Bertz CT molecular complexity index is 1260. The number of sulfonamides is 1. The summed E-state index contributed by atoms with van der Waals surface area (Å²) in [7, 11) is -2.24. The van der Waals surface area contributed by atoms with E-state index in [1.165, 1.54) is 29.7 Å². The van der Waals surface area contributed by atoms with Gasteiger partial charge in [0.05, 0.1) is 23.3 Å². The molecule has 1 aromatic heterocycles. The predicted octanol–water partition coefficient (Wildman–Crippen LogP) is 3.14. The van der Waals surface area contributed by atoms with E-state index in [2.05, 4.69) is 15.3 Å². The fourth-order valence-corrected chi connectivity index (χ4v) is 5.13. The Hall–Kier alpha value is -2.98. The number of rotatable bonds is 5. The number of carbonyl (C=O) groups is 1. The van der Waals surface area contributed by atoms with Crippen LogP contribution in [0, 0.1) is 12.7 Å². The average molecular weight is 459 g/mol. The number of hydrogen-bond donors (Lipinski definition) is 1. The fraction of sp³-hybridized carbons (Fsp3) is 0.190. The smallest absolute Gasteiger partial charge is 0.267 e. The highest BCUT2D eigenvalue weighted by atomic mass is 32.2. The van der Waals surface area contributed by atoms with E-state index in [0.717, 1.165) is 22.9 Å². The second-order valence-electron chi connectivity index (χ2n) is 7.05. The fourth-order valence-electron chi connectivity index (χ4n) is 3.18. The lowest BCUT2D eigenvalue weighted by Crippen LogP contribution is -2.31. The summed E-state index contributed by atoms with van der Waals surface area (Å²) in [4.78, 5) is 20.8. The summed E-state index contributed by atoms with van der Waals surface area (Å²) in [6.45, 7) is 2.20. The predicted molar refractivity (Wildman–Crippen MR) is 117 cm³/mol. The van der Waals surface area contributed by atoms with Crippen molar-refractivity contribution in [2.75, 3.05) is 17.1 Å². The van der Waals surface area contributed by atoms with Crippen molar-refractivity contribution >= 4 is 33.4 Å². The van der Waals surface area contributed by atoms with Crippen molar-refractivity contribution in [1.82, 2.24) is 15.3 Å². The van der Waals surface area contributed by atoms with E-state index in [-0.39, 0.29) is 28.9 Å². The zero-order valence-electron chi connectivity index (χ0n) is 16.8. The van der Waals surface area contributed by atoms with E-state index in [1.54, 1.807) is 18.2 Å². The van der Waals surface area contributed by atoms with Gasteiger partial charge in [0, 0.05) is 19.2 Å². The lowest BCUT2D eigenvalue weighted by molar-refractivity contribution is -0.118. The van der Waals surface area contributed by atoms with Crippen LogP contribution in [0.4, 0.5) is 10.1 Å². The molecule has 7 nitrogen and oxygen atoms in total. The molecule has 4 rings (SSSR count). The van der Waals surface area contributed by atoms with Gasteiger partial charge >= 0.3 is 0 Å². The number of nitrogens with zero attached hydrogens (tertiary/aromatic N) is 3. The highest BCUT2D eigenvalue weighted by Crippen LogP contribution is 2.41. The molecule has 2 heterocycles. The molecule has 0 spiro atoms. The van der Waals surface area contributed by atoms with Gasteiger partial charge < -0.3 is 5.32 Å². The minimum atomic E-state index is -3.74. The van der Waals surface area contributed by atoms with Crippen LogP contribution in [0.3, 0.4) is 0 Å². The number of anilines is 1. The molecule has 1 amide bonds. The molecule has 1 aliphatic rings. The summed E-state index contributed by atoms with van der Waals surface area (Å²) in [6, 6.07) is 11.4. The van der Waals surface area contributed by atoms with Gasteiger partial charge in [-0.1, -0.05) is 35.5 Å². The quantitative estimate of drug-likeness (QED) is 0.467. The number of thioether (sulfide) groups is 1. The van der Waals surface area contributed by atoms with Gasteiger partial charge in [0.15, 0.2) is 5.16 Å². The van der Waals surface area contributed by atoms with E-state index in [1.807, 2.05) is 19.1 Å². The third-order valence-electron chi connectivity index (χ3n) is 4.85. The van der Waals surface area contributed by atoms with E-state index < -0.39 is 10.0 Å². The number of halogens is 1. The Morgan fingerprint density at radius 1 is 1.19 bits per heavy atom. The number of hydrogen-bond acceptors (Lipinski definition) is 6. The molecule has 0 saturated carbocycles. The van der Waals surface area contributed by atoms with Crippen molar-refractivity contribution < 1.29 is 17.6 Å². The number of aromatic nitrogens is 2. The van der Waals surface area contributed by atoms with Crippen LogP contribution >= 0.6 is 11.8 Å². The molecule has 2 aromatic carbocycles. The van der Waals surface area contributed by atoms with Gasteiger partial charge in [-0.05, 0) is 36.8 Å². The van der Waals surface area contributed by atoms with Crippen LogP contribution in [0.2, 0.25) is 0 Å². The third-order valence-corrected chi connectivity index (χ3v) is 7.49. The van der Waals surface area contributed by atoms with Gasteiger partial charge in [-0.25, -0.2) is 22.8 Å². The molecular weight excluding hydrogens is 439 g/mol. The zero-order chi connectivity index (χ0) is 22.2. The summed E-state index contributed by atoms with van der Waals surface area (Å²) in [6.07, 6.45) is 1.29. The average Bonchev–Trinajstić information content (AvgIpc) is 2.75. The van der Waals surface area contributed by atoms with Crippen LogP contribution in [0.5, 0.6) is 0 Å². The monoisotopic (exact) mass is 458 g/mol. The normalized spacial score (nSPS) is 14.0. The minimum absolute atomic E-state index is 0.0400. The van der Waals surface area contributed by atoms with Gasteiger partial charge in [-0.15, -0.1) is 0 Å². The number of amides is 1. The lowest BCUT2D eigenvalue weighted by Gasteiger charge is -2.28. The molecule has 0 bridgehead atoms. The lowest BCUT2D eigenvalue weighted by atomic mass is 10.1. The van der Waals surface area contributed by atoms with Crippen molar-refractivity contribution in [2.45, 2.75) is 23.5 Å². The molecule has 0 aliphatic carbocycles. The SMILES string of the molecule is Cc1ccc2c(c1)-c1nc(SCC(=O)NCc3ccc(F)cc3)ncc1S(=O)(=O)N2C. The van der Waals surface area contributed by atoms with Crippen LogP contribution in [0.25, 0.3) is 11.3 Å². The molecule has 0 unspecified atom stereocenters. The zero-order valence-corrected chi connectivity index (χ0v) is 18.4. The molecule has 31 heavy (non-hydrogen) atoms. The van der Waals surface area contributed by atoms with Crippen LogP contribution in [0.1, 0.15) is 11.1 Å². The Balaban J connectivity index is 1.51. The molecule has 10 heteroatoms. The number of benzene rings is 2. The molecule has 3 aromatic rings. The maximum Gasteiger partial charge on any atom is 0.267 e. The van der Waals surface area contributed by atoms with Crippen molar-refractivity contribution in [2.24, 2.45) is 0 Å². The molecular formula is C21H19FN4O3S2. The number of nitrogens with one attached hydrogen (secondary N) is 1. The number of aryl methyl sites for hydroxylation is 1. The first-order valence-corrected chi connectivity index (χ1v) is 11.8. The maximum absolute atomic E-state index is 13.0. The topological polar surface area (TPSA) is 92.3 Å². The van der Waals surface area contributed by atoms with Crippen LogP contribution in [-0.2, 0) is 21.4 Å². The van der Waals surface area contributed by atoms with Crippen molar-refractivity contribution in [3.8, 4) is 11.3 Å². The maximum atomic E-state index is 13.0. The van der Waals surface area contributed by atoms with E-state index in [0.29, 0.717) is 22.1 Å². The second kappa shape index (κ2) is 8.27. The molecule has 1 N–H and O–H groups in total. The minimum Gasteiger partial charge on any atom is -0.351 e. The Morgan fingerprint density at radius 2 is 1.94 bits per heavy atom. The van der Waals surface area contributed by atoms with Gasteiger partial charge in [0.25, 0.3) is 10.0 Å². The Labute approximate surface area is 183 Å². The molecule has 1 aliphatic heterocycles. The summed E-state index contributed by atoms with van der Waals surface area (Å²) in [5.41, 5.74) is 3.35. The highest BCUT2D eigenvalue weighted by Gasteiger charge is 2.34. The molecule has 0 saturated heterocycles. The number of fused-ring (bicyclic) bond motifs is 3. The summed E-state index contributed by atoms with van der Waals surface area (Å²) >= 11 is 1.12. The van der Waals surface area contributed by atoms with Crippen molar-refractivity contribution in [3.05, 3.63) is 65.6 Å². The largest absolute Gasteiger partial charge is 0.351 e. The van der Waals surface area contributed by atoms with Crippen LogP contribution < -0.4 is 9.62 Å². The van der Waals surface area contributed by atoms with Gasteiger partial charge in [-0.2, -0.15) is 0 Å². The molecule has 0 fully saturated rings. The summed E-state index contributed by atoms with van der Waals surface area (Å²) < 4.78 is 39.8. The first kappa shape index (κ1) is 21.3.